The maximum absolute atomic E-state index is 11.5. The normalized spacial score (nSPS) is 10.2. The number of carbonyl (C=O) groups excluding carboxylic acids is 2. The second-order valence-electron chi connectivity index (χ2n) is 4.47. The van der Waals surface area contributed by atoms with Crippen LogP contribution in [0.3, 0.4) is 0 Å². The number of carboxylic acids is 1. The van der Waals surface area contributed by atoms with E-state index in [0.717, 1.165) is 11.3 Å². The molecule has 1 aromatic rings. The predicted octanol–water partition coefficient (Wildman–Crippen LogP) is 1.34. The molecule has 0 bridgehead atoms. The number of carbonyl (C=O) groups is 3. The molecule has 7 nitrogen and oxygen atoms in total. The SMILES string of the molecule is CC(C)CNC(=O)CNC(=O)Nc1sccc1C(=O)O. The molecule has 0 fully saturated rings. The first-order valence-corrected chi connectivity index (χ1v) is 6.90. The Labute approximate surface area is 120 Å². The molecule has 0 aliphatic carbocycles. The highest BCUT2D eigenvalue weighted by Crippen LogP contribution is 2.22. The second-order valence-corrected chi connectivity index (χ2v) is 5.39. The average molecular weight is 299 g/mol. The van der Waals surface area contributed by atoms with Crippen molar-refractivity contribution in [3.8, 4) is 0 Å². The van der Waals surface area contributed by atoms with Gasteiger partial charge in [-0.3, -0.25) is 10.1 Å². The van der Waals surface area contributed by atoms with Gasteiger partial charge in [0.15, 0.2) is 0 Å². The molecule has 0 unspecified atom stereocenters. The summed E-state index contributed by atoms with van der Waals surface area (Å²) in [6.07, 6.45) is 0. The molecule has 1 aromatic heterocycles. The number of hydrogen-bond donors (Lipinski definition) is 4. The molecule has 0 aliphatic heterocycles. The van der Waals surface area contributed by atoms with E-state index in [0.29, 0.717) is 12.5 Å². The van der Waals surface area contributed by atoms with E-state index in [4.69, 9.17) is 5.11 Å². The van der Waals surface area contributed by atoms with Crippen LogP contribution in [0.25, 0.3) is 0 Å². The number of aromatic carboxylic acids is 1. The van der Waals surface area contributed by atoms with E-state index in [2.05, 4.69) is 16.0 Å². The molecular formula is C12H17N3O4S. The summed E-state index contributed by atoms with van der Waals surface area (Å²) in [5.41, 5.74) is 0.0226. The van der Waals surface area contributed by atoms with Crippen molar-refractivity contribution >= 4 is 34.2 Å². The summed E-state index contributed by atoms with van der Waals surface area (Å²) in [7, 11) is 0. The Bertz CT molecular complexity index is 499. The fourth-order valence-corrected chi connectivity index (χ4v) is 2.04. The van der Waals surface area contributed by atoms with Crippen LogP contribution in [-0.4, -0.2) is 36.1 Å². The zero-order valence-corrected chi connectivity index (χ0v) is 12.0. The van der Waals surface area contributed by atoms with Gasteiger partial charge in [-0.2, -0.15) is 0 Å². The number of carboxylic acid groups (broad SMARTS) is 1. The molecule has 8 heteroatoms. The number of rotatable bonds is 6. The minimum Gasteiger partial charge on any atom is -0.478 e. The van der Waals surface area contributed by atoms with Crippen LogP contribution in [0.5, 0.6) is 0 Å². The number of hydrogen-bond acceptors (Lipinski definition) is 4. The molecule has 1 heterocycles. The minimum atomic E-state index is -1.11. The van der Waals surface area contributed by atoms with Crippen LogP contribution in [0.15, 0.2) is 11.4 Å². The highest BCUT2D eigenvalue weighted by Gasteiger charge is 2.14. The second kappa shape index (κ2) is 7.49. The molecule has 0 radical (unpaired) electrons. The van der Waals surface area contributed by atoms with Crippen LogP contribution in [0.1, 0.15) is 24.2 Å². The van der Waals surface area contributed by atoms with Crippen molar-refractivity contribution in [2.75, 3.05) is 18.4 Å². The van der Waals surface area contributed by atoms with Crippen LogP contribution in [0, 0.1) is 5.92 Å². The van der Waals surface area contributed by atoms with E-state index in [1.807, 2.05) is 13.8 Å². The van der Waals surface area contributed by atoms with Gasteiger partial charge in [-0.05, 0) is 17.4 Å². The zero-order chi connectivity index (χ0) is 15.1. The number of thiophene rings is 1. The van der Waals surface area contributed by atoms with E-state index < -0.39 is 12.0 Å². The number of amides is 3. The van der Waals surface area contributed by atoms with Gasteiger partial charge in [0.1, 0.15) is 5.00 Å². The molecule has 4 N–H and O–H groups in total. The fraction of sp³-hybridized carbons (Fsp3) is 0.417. The lowest BCUT2D eigenvalue weighted by atomic mass is 10.2. The Kier molecular flexibility index (Phi) is 5.98. The first-order valence-electron chi connectivity index (χ1n) is 6.02. The maximum Gasteiger partial charge on any atom is 0.338 e. The van der Waals surface area contributed by atoms with Crippen molar-refractivity contribution in [2.45, 2.75) is 13.8 Å². The topological polar surface area (TPSA) is 108 Å². The van der Waals surface area contributed by atoms with Gasteiger partial charge in [-0.1, -0.05) is 13.8 Å². The van der Waals surface area contributed by atoms with Crippen molar-refractivity contribution < 1.29 is 19.5 Å². The standard InChI is InChI=1S/C12H17N3O4S/c1-7(2)5-13-9(16)6-14-12(19)15-10-8(11(17)18)3-4-20-10/h3-4,7H,5-6H2,1-2H3,(H,13,16)(H,17,18)(H2,14,15,19). The third-order valence-electron chi connectivity index (χ3n) is 2.24. The Balaban J connectivity index is 2.38. The number of anilines is 1. The Morgan fingerprint density at radius 3 is 2.60 bits per heavy atom. The first-order chi connectivity index (χ1) is 9.40. The molecule has 1 rings (SSSR count). The summed E-state index contributed by atoms with van der Waals surface area (Å²) in [5.74, 6) is -1.08. The third kappa shape index (κ3) is 5.27. The molecule has 0 saturated carbocycles. The smallest absolute Gasteiger partial charge is 0.338 e. The highest BCUT2D eigenvalue weighted by atomic mass is 32.1. The Morgan fingerprint density at radius 1 is 1.30 bits per heavy atom. The number of nitrogens with one attached hydrogen (secondary N) is 3. The zero-order valence-electron chi connectivity index (χ0n) is 11.2. The Hall–Kier alpha value is -2.09. The molecule has 0 spiro atoms. The van der Waals surface area contributed by atoms with Crippen LogP contribution < -0.4 is 16.0 Å². The van der Waals surface area contributed by atoms with Gasteiger partial charge in [-0.25, -0.2) is 9.59 Å². The molecule has 0 aromatic carbocycles. The van der Waals surface area contributed by atoms with Crippen LogP contribution >= 0.6 is 11.3 Å². The summed E-state index contributed by atoms with van der Waals surface area (Å²) in [5, 5.41) is 18.1. The van der Waals surface area contributed by atoms with Crippen molar-refractivity contribution in [3.63, 3.8) is 0 Å². The van der Waals surface area contributed by atoms with Crippen molar-refractivity contribution in [3.05, 3.63) is 17.0 Å². The average Bonchev–Trinajstić information content (AvgIpc) is 2.82. The summed E-state index contributed by atoms with van der Waals surface area (Å²) >= 11 is 1.10. The molecule has 0 saturated heterocycles. The predicted molar refractivity (Wildman–Crippen MR) is 76.1 cm³/mol. The molecule has 20 heavy (non-hydrogen) atoms. The monoisotopic (exact) mass is 299 g/mol. The lowest BCUT2D eigenvalue weighted by molar-refractivity contribution is -0.120. The van der Waals surface area contributed by atoms with Crippen LogP contribution in [0.4, 0.5) is 9.80 Å². The largest absolute Gasteiger partial charge is 0.478 e. The van der Waals surface area contributed by atoms with Gasteiger partial charge in [0.2, 0.25) is 5.91 Å². The van der Waals surface area contributed by atoms with Gasteiger partial charge in [-0.15, -0.1) is 11.3 Å². The van der Waals surface area contributed by atoms with Gasteiger partial charge < -0.3 is 15.7 Å². The van der Waals surface area contributed by atoms with E-state index in [1.165, 1.54) is 6.07 Å². The molecule has 0 atom stereocenters. The van der Waals surface area contributed by atoms with Crippen molar-refractivity contribution in [1.29, 1.82) is 0 Å². The molecule has 3 amide bonds. The van der Waals surface area contributed by atoms with E-state index in [9.17, 15) is 14.4 Å². The fourth-order valence-electron chi connectivity index (χ4n) is 1.26. The maximum atomic E-state index is 11.5. The third-order valence-corrected chi connectivity index (χ3v) is 3.07. The highest BCUT2D eigenvalue weighted by molar-refractivity contribution is 7.14. The van der Waals surface area contributed by atoms with Crippen LogP contribution in [0.2, 0.25) is 0 Å². The lowest BCUT2D eigenvalue weighted by Gasteiger charge is -2.09. The van der Waals surface area contributed by atoms with Crippen molar-refractivity contribution in [2.24, 2.45) is 5.92 Å². The lowest BCUT2D eigenvalue weighted by Crippen LogP contribution is -2.40. The van der Waals surface area contributed by atoms with Gasteiger partial charge in [0.05, 0.1) is 12.1 Å². The Morgan fingerprint density at radius 2 is 2.00 bits per heavy atom. The van der Waals surface area contributed by atoms with E-state index >= 15 is 0 Å². The summed E-state index contributed by atoms with van der Waals surface area (Å²) in [6, 6.07) is 0.785. The van der Waals surface area contributed by atoms with Gasteiger partial charge in [0, 0.05) is 6.54 Å². The van der Waals surface area contributed by atoms with Gasteiger partial charge >= 0.3 is 12.0 Å². The first kappa shape index (κ1) is 16.0. The van der Waals surface area contributed by atoms with E-state index in [1.54, 1.807) is 5.38 Å². The molecule has 110 valence electrons. The summed E-state index contributed by atoms with van der Waals surface area (Å²) < 4.78 is 0. The minimum absolute atomic E-state index is 0.0226. The van der Waals surface area contributed by atoms with Crippen molar-refractivity contribution in [1.82, 2.24) is 10.6 Å². The number of urea groups is 1. The van der Waals surface area contributed by atoms with Crippen LogP contribution in [-0.2, 0) is 4.79 Å². The molecule has 0 aliphatic rings. The van der Waals surface area contributed by atoms with Gasteiger partial charge in [0.25, 0.3) is 0 Å². The summed E-state index contributed by atoms with van der Waals surface area (Å²) in [6.45, 7) is 4.30. The quantitative estimate of drug-likeness (QED) is 0.635. The van der Waals surface area contributed by atoms with E-state index in [-0.39, 0.29) is 23.0 Å². The summed E-state index contributed by atoms with van der Waals surface area (Å²) in [4.78, 5) is 33.8. The molecular weight excluding hydrogens is 282 g/mol.